The summed E-state index contributed by atoms with van der Waals surface area (Å²) < 4.78 is 66.2. The van der Waals surface area contributed by atoms with Gasteiger partial charge in [0.15, 0.2) is 0 Å². The third kappa shape index (κ3) is 5.11. The molecule has 0 unspecified atom stereocenters. The molecule has 0 aliphatic heterocycles. The number of hydrogen-bond acceptors (Lipinski definition) is 3. The molecule has 3 aromatic carbocycles. The van der Waals surface area contributed by atoms with Crippen molar-refractivity contribution in [3.05, 3.63) is 88.9 Å². The third-order valence-corrected chi connectivity index (χ3v) is 5.60. The van der Waals surface area contributed by atoms with Gasteiger partial charge in [-0.05, 0) is 54.6 Å². The first-order valence-electron chi connectivity index (χ1n) is 8.42. The monoisotopic (exact) mass is 454 g/mol. The van der Waals surface area contributed by atoms with E-state index in [-0.39, 0.29) is 11.3 Å². The van der Waals surface area contributed by atoms with Crippen LogP contribution in [0.5, 0.6) is 0 Å². The van der Waals surface area contributed by atoms with Crippen molar-refractivity contribution in [2.75, 3.05) is 10.0 Å². The van der Waals surface area contributed by atoms with E-state index in [9.17, 15) is 26.4 Å². The van der Waals surface area contributed by atoms with Gasteiger partial charge in [-0.25, -0.2) is 8.42 Å². The highest BCUT2D eigenvalue weighted by Crippen LogP contribution is 2.31. The standard InChI is InChI=1S/C20H14ClF3N2O3S/c21-14-8-10-15(11-9-14)25-19(27)17-6-1-2-7-18(17)26-30(28,29)16-5-3-4-13(12-16)20(22,23)24/h1-12,26H,(H,25,27). The molecular formula is C20H14ClF3N2O3S. The second-order valence-corrected chi connectivity index (χ2v) is 8.26. The minimum absolute atomic E-state index is 0.0111. The first kappa shape index (κ1) is 21.7. The number of nitrogens with one attached hydrogen (secondary N) is 2. The topological polar surface area (TPSA) is 75.3 Å². The average Bonchev–Trinajstić information content (AvgIpc) is 2.69. The number of rotatable bonds is 5. The van der Waals surface area contributed by atoms with Crippen molar-refractivity contribution in [1.82, 2.24) is 0 Å². The smallest absolute Gasteiger partial charge is 0.322 e. The zero-order chi connectivity index (χ0) is 21.9. The summed E-state index contributed by atoms with van der Waals surface area (Å²) >= 11 is 5.80. The van der Waals surface area contributed by atoms with Crippen LogP contribution in [0.1, 0.15) is 15.9 Å². The average molecular weight is 455 g/mol. The molecule has 0 heterocycles. The SMILES string of the molecule is O=C(Nc1ccc(Cl)cc1)c1ccccc1NS(=O)(=O)c1cccc(C(F)(F)F)c1. The van der Waals surface area contributed by atoms with Crippen LogP contribution in [0.25, 0.3) is 0 Å². The van der Waals surface area contributed by atoms with Crippen LogP contribution < -0.4 is 10.0 Å². The molecule has 0 saturated heterocycles. The Hall–Kier alpha value is -3.04. The van der Waals surface area contributed by atoms with Crippen molar-refractivity contribution in [1.29, 1.82) is 0 Å². The Morgan fingerprint density at radius 2 is 1.57 bits per heavy atom. The Labute approximate surface area is 175 Å². The molecule has 0 fully saturated rings. The van der Waals surface area contributed by atoms with Gasteiger partial charge in [0.2, 0.25) is 0 Å². The lowest BCUT2D eigenvalue weighted by molar-refractivity contribution is -0.137. The number of carbonyl (C=O) groups excluding carboxylic acids is 1. The number of alkyl halides is 3. The van der Waals surface area contributed by atoms with Crippen LogP contribution in [-0.2, 0) is 16.2 Å². The zero-order valence-electron chi connectivity index (χ0n) is 15.1. The predicted molar refractivity (Wildman–Crippen MR) is 108 cm³/mol. The van der Waals surface area contributed by atoms with Gasteiger partial charge in [0, 0.05) is 10.7 Å². The highest BCUT2D eigenvalue weighted by molar-refractivity contribution is 7.92. The van der Waals surface area contributed by atoms with E-state index in [4.69, 9.17) is 11.6 Å². The van der Waals surface area contributed by atoms with Gasteiger partial charge in [0.1, 0.15) is 0 Å². The first-order valence-corrected chi connectivity index (χ1v) is 10.3. The fraction of sp³-hybridized carbons (Fsp3) is 0.0500. The molecule has 0 radical (unpaired) electrons. The van der Waals surface area contributed by atoms with E-state index < -0.39 is 32.6 Å². The summed E-state index contributed by atoms with van der Waals surface area (Å²) in [6.45, 7) is 0. The van der Waals surface area contributed by atoms with Gasteiger partial charge in [-0.15, -0.1) is 0 Å². The van der Waals surface area contributed by atoms with Gasteiger partial charge in [-0.1, -0.05) is 29.8 Å². The van der Waals surface area contributed by atoms with Gasteiger partial charge in [-0.2, -0.15) is 13.2 Å². The lowest BCUT2D eigenvalue weighted by Gasteiger charge is -2.14. The molecule has 0 bridgehead atoms. The van der Waals surface area contributed by atoms with Gasteiger partial charge in [0.25, 0.3) is 15.9 Å². The van der Waals surface area contributed by atoms with E-state index in [0.717, 1.165) is 18.2 Å². The number of para-hydroxylation sites is 1. The Balaban J connectivity index is 1.89. The largest absolute Gasteiger partial charge is 0.416 e. The Morgan fingerprint density at radius 1 is 0.900 bits per heavy atom. The molecule has 0 spiro atoms. The summed E-state index contributed by atoms with van der Waals surface area (Å²) in [6.07, 6.45) is -4.69. The minimum Gasteiger partial charge on any atom is -0.322 e. The first-order chi connectivity index (χ1) is 14.1. The zero-order valence-corrected chi connectivity index (χ0v) is 16.6. The van der Waals surface area contributed by atoms with E-state index in [1.54, 1.807) is 24.3 Å². The Kier molecular flexibility index (Phi) is 6.04. The molecule has 3 rings (SSSR count). The molecule has 3 aromatic rings. The molecule has 10 heteroatoms. The second kappa shape index (κ2) is 8.37. The normalized spacial score (nSPS) is 11.7. The Morgan fingerprint density at radius 3 is 2.23 bits per heavy atom. The van der Waals surface area contributed by atoms with Crippen LogP contribution >= 0.6 is 11.6 Å². The van der Waals surface area contributed by atoms with Gasteiger partial charge in [0.05, 0.1) is 21.7 Å². The maximum Gasteiger partial charge on any atom is 0.416 e. The fourth-order valence-electron chi connectivity index (χ4n) is 2.55. The van der Waals surface area contributed by atoms with Crippen molar-refractivity contribution < 1.29 is 26.4 Å². The summed E-state index contributed by atoms with van der Waals surface area (Å²) in [5.74, 6) is -0.611. The number of amides is 1. The number of sulfonamides is 1. The summed E-state index contributed by atoms with van der Waals surface area (Å²) in [5, 5.41) is 3.07. The second-order valence-electron chi connectivity index (χ2n) is 6.14. The molecule has 2 N–H and O–H groups in total. The van der Waals surface area contributed by atoms with Crippen molar-refractivity contribution in [2.24, 2.45) is 0 Å². The van der Waals surface area contributed by atoms with Crippen LogP contribution in [0.2, 0.25) is 5.02 Å². The molecule has 1 amide bonds. The fourth-order valence-corrected chi connectivity index (χ4v) is 3.80. The van der Waals surface area contributed by atoms with Gasteiger partial charge < -0.3 is 5.32 Å². The number of hydrogen-bond donors (Lipinski definition) is 2. The van der Waals surface area contributed by atoms with E-state index in [0.29, 0.717) is 16.8 Å². The summed E-state index contributed by atoms with van der Waals surface area (Å²) in [5.41, 5.74) is -0.761. The van der Waals surface area contributed by atoms with Crippen molar-refractivity contribution >= 4 is 38.9 Å². The molecule has 0 aliphatic carbocycles. The van der Waals surface area contributed by atoms with Gasteiger partial charge >= 0.3 is 6.18 Å². The minimum atomic E-state index is -4.69. The highest BCUT2D eigenvalue weighted by Gasteiger charge is 2.31. The molecule has 0 aromatic heterocycles. The summed E-state index contributed by atoms with van der Waals surface area (Å²) in [6, 6.07) is 15.3. The number of carbonyl (C=O) groups is 1. The van der Waals surface area contributed by atoms with E-state index in [1.807, 2.05) is 0 Å². The molecule has 0 aliphatic rings. The van der Waals surface area contributed by atoms with Crippen LogP contribution in [-0.4, -0.2) is 14.3 Å². The van der Waals surface area contributed by atoms with Gasteiger partial charge in [-0.3, -0.25) is 9.52 Å². The number of benzene rings is 3. The molecule has 30 heavy (non-hydrogen) atoms. The lowest BCUT2D eigenvalue weighted by atomic mass is 10.1. The highest BCUT2D eigenvalue weighted by atomic mass is 35.5. The summed E-state index contributed by atoms with van der Waals surface area (Å²) in [7, 11) is -4.38. The van der Waals surface area contributed by atoms with E-state index in [1.165, 1.54) is 24.3 Å². The van der Waals surface area contributed by atoms with Crippen LogP contribution in [0.3, 0.4) is 0 Å². The van der Waals surface area contributed by atoms with Crippen molar-refractivity contribution in [2.45, 2.75) is 11.1 Å². The lowest BCUT2D eigenvalue weighted by Crippen LogP contribution is -2.19. The maximum atomic E-state index is 12.9. The predicted octanol–water partition coefficient (Wildman–Crippen LogP) is 5.41. The van der Waals surface area contributed by atoms with Crippen molar-refractivity contribution in [3.63, 3.8) is 0 Å². The molecule has 0 saturated carbocycles. The summed E-state index contributed by atoms with van der Waals surface area (Å²) in [4.78, 5) is 12.0. The third-order valence-electron chi connectivity index (χ3n) is 3.99. The number of halogens is 4. The maximum absolute atomic E-state index is 12.9. The number of anilines is 2. The van der Waals surface area contributed by atoms with Crippen LogP contribution in [0, 0.1) is 0 Å². The van der Waals surface area contributed by atoms with E-state index in [2.05, 4.69) is 10.0 Å². The van der Waals surface area contributed by atoms with E-state index >= 15 is 0 Å². The Bertz CT molecular complexity index is 1180. The molecule has 156 valence electrons. The quantitative estimate of drug-likeness (QED) is 0.541. The molecule has 0 atom stereocenters. The van der Waals surface area contributed by atoms with Crippen molar-refractivity contribution in [3.8, 4) is 0 Å². The molecular weight excluding hydrogens is 441 g/mol. The van der Waals surface area contributed by atoms with Crippen LogP contribution in [0.4, 0.5) is 24.5 Å². The molecule has 5 nitrogen and oxygen atoms in total. The van der Waals surface area contributed by atoms with Crippen LogP contribution in [0.15, 0.2) is 77.7 Å².